The molecular formula is C47H51N3O8. The van der Waals surface area contributed by atoms with Gasteiger partial charge in [0.05, 0.1) is 43.2 Å². The molecule has 8 atom stereocenters. The molecule has 302 valence electrons. The Hall–Kier alpha value is -5.62. The maximum Gasteiger partial charge on any atom is 0.313 e. The molecule has 0 aromatic heterocycles. The summed E-state index contributed by atoms with van der Waals surface area (Å²) in [5.74, 6) is -3.90. The standard InChI is InChI=1S/C47H51N3O8/c1-4-6-21-39(52)48-37(30-56-3)42(33-18-11-8-12-19-33)57-46(55)40-38-24-25-47(58-38)41(40)44(53)50(36(29-51)27-31-15-9-7-10-16-31)43(47)45(54)49(26-5-2)35-23-22-32-17-13-14-20-34(32)28-35/h4-5,7-20,22-23,28,36-38,40-43,51H,1-2,6,21,24-27,29-30H2,3H3,(H,48,52)/t36-,37+,38-,40+,41+,42+,43-,47+/m1/s1. The van der Waals surface area contributed by atoms with E-state index in [-0.39, 0.29) is 31.9 Å². The van der Waals surface area contributed by atoms with E-state index in [9.17, 15) is 14.7 Å². The molecule has 11 heteroatoms. The second-order valence-corrected chi connectivity index (χ2v) is 15.3. The first-order valence-corrected chi connectivity index (χ1v) is 19.9. The van der Waals surface area contributed by atoms with Gasteiger partial charge in [0.2, 0.25) is 11.8 Å². The SMILES string of the molecule is C=CCCC(=O)N[C@@H](COC)[C@@H](OC(=O)[C@@H]1[C@H]2C(=O)N([C@@H](CO)Cc3ccccc3)[C@H](C(=O)N(CC=C)c3ccc4ccccc4c3)[C@]23CC[C@H]1O3)c1ccccc1. The van der Waals surface area contributed by atoms with Gasteiger partial charge in [0.1, 0.15) is 17.7 Å². The monoisotopic (exact) mass is 785 g/mol. The van der Waals surface area contributed by atoms with E-state index in [1.165, 1.54) is 12.0 Å². The van der Waals surface area contributed by atoms with Gasteiger partial charge >= 0.3 is 5.97 Å². The number of esters is 1. The molecule has 58 heavy (non-hydrogen) atoms. The van der Waals surface area contributed by atoms with Crippen LogP contribution >= 0.6 is 0 Å². The van der Waals surface area contributed by atoms with Crippen molar-refractivity contribution in [3.05, 3.63) is 140 Å². The zero-order valence-electron chi connectivity index (χ0n) is 32.8. The molecule has 3 fully saturated rings. The van der Waals surface area contributed by atoms with Gasteiger partial charge in [-0.15, -0.1) is 13.2 Å². The van der Waals surface area contributed by atoms with Crippen molar-refractivity contribution in [1.29, 1.82) is 0 Å². The number of nitrogens with zero attached hydrogens (tertiary/aromatic N) is 2. The fourth-order valence-electron chi connectivity index (χ4n) is 9.24. The van der Waals surface area contributed by atoms with Crippen LogP contribution in [0.4, 0.5) is 5.69 Å². The van der Waals surface area contributed by atoms with Crippen LogP contribution in [-0.2, 0) is 39.8 Å². The van der Waals surface area contributed by atoms with Crippen molar-refractivity contribution >= 4 is 40.2 Å². The van der Waals surface area contributed by atoms with Gasteiger partial charge in [0, 0.05) is 25.8 Å². The Kier molecular flexibility index (Phi) is 12.5. The van der Waals surface area contributed by atoms with E-state index in [1.807, 2.05) is 103 Å². The lowest BCUT2D eigenvalue weighted by molar-refractivity contribution is -0.163. The van der Waals surface area contributed by atoms with Crippen molar-refractivity contribution < 1.29 is 38.5 Å². The number of carbonyl (C=O) groups is 4. The highest BCUT2D eigenvalue weighted by atomic mass is 16.6. The smallest absolute Gasteiger partial charge is 0.313 e. The van der Waals surface area contributed by atoms with Crippen molar-refractivity contribution in [1.82, 2.24) is 10.2 Å². The van der Waals surface area contributed by atoms with Gasteiger partial charge < -0.3 is 34.4 Å². The largest absolute Gasteiger partial charge is 0.455 e. The Morgan fingerprint density at radius 3 is 2.38 bits per heavy atom. The van der Waals surface area contributed by atoms with Gasteiger partial charge in [0.15, 0.2) is 0 Å². The maximum atomic E-state index is 15.4. The average molecular weight is 786 g/mol. The molecule has 3 saturated heterocycles. The van der Waals surface area contributed by atoms with Crippen molar-refractivity contribution in [3.63, 3.8) is 0 Å². The fourth-order valence-corrected chi connectivity index (χ4v) is 9.24. The Bertz CT molecular complexity index is 2130. The number of hydrogen-bond donors (Lipinski definition) is 2. The van der Waals surface area contributed by atoms with Gasteiger partial charge in [0.25, 0.3) is 5.91 Å². The van der Waals surface area contributed by atoms with Crippen LogP contribution in [0.2, 0.25) is 0 Å². The Balaban J connectivity index is 1.27. The molecule has 11 nitrogen and oxygen atoms in total. The highest BCUT2D eigenvalue weighted by Gasteiger charge is 2.76. The lowest BCUT2D eigenvalue weighted by Gasteiger charge is -2.39. The molecule has 4 aromatic rings. The van der Waals surface area contributed by atoms with E-state index in [4.69, 9.17) is 14.2 Å². The number of rotatable bonds is 18. The number of benzene rings is 4. The van der Waals surface area contributed by atoms with E-state index >= 15 is 9.59 Å². The fraction of sp³-hybridized carbons (Fsp3) is 0.362. The van der Waals surface area contributed by atoms with E-state index < -0.39 is 72.2 Å². The Morgan fingerprint density at radius 1 is 0.983 bits per heavy atom. The number of aliphatic hydroxyl groups excluding tert-OH is 1. The van der Waals surface area contributed by atoms with Crippen LogP contribution in [0.3, 0.4) is 0 Å². The third-order valence-corrected chi connectivity index (χ3v) is 11.8. The summed E-state index contributed by atoms with van der Waals surface area (Å²) in [5, 5.41) is 15.9. The summed E-state index contributed by atoms with van der Waals surface area (Å²) in [5.41, 5.74) is 0.745. The van der Waals surface area contributed by atoms with Crippen LogP contribution in [0.25, 0.3) is 10.8 Å². The number of carbonyl (C=O) groups excluding carboxylic acids is 4. The summed E-state index contributed by atoms with van der Waals surface area (Å²) in [6.07, 6.45) is 3.32. The molecule has 7 rings (SSSR count). The summed E-state index contributed by atoms with van der Waals surface area (Å²) in [7, 11) is 1.50. The van der Waals surface area contributed by atoms with E-state index in [1.54, 1.807) is 17.1 Å². The number of amides is 3. The second-order valence-electron chi connectivity index (χ2n) is 15.3. The second kappa shape index (κ2) is 17.9. The van der Waals surface area contributed by atoms with Crippen LogP contribution in [-0.4, -0.2) is 90.4 Å². The number of methoxy groups -OCH3 is 1. The van der Waals surface area contributed by atoms with Crippen LogP contribution in [0.1, 0.15) is 42.9 Å². The van der Waals surface area contributed by atoms with Crippen LogP contribution < -0.4 is 10.2 Å². The zero-order valence-corrected chi connectivity index (χ0v) is 32.8. The lowest BCUT2D eigenvalue weighted by atomic mass is 9.70. The molecule has 3 aliphatic heterocycles. The predicted octanol–water partition coefficient (Wildman–Crippen LogP) is 5.72. The number of allylic oxidation sites excluding steroid dienone is 1. The first-order chi connectivity index (χ1) is 28.2. The van der Waals surface area contributed by atoms with Crippen LogP contribution in [0.15, 0.2) is 128 Å². The molecule has 0 saturated carbocycles. The van der Waals surface area contributed by atoms with Gasteiger partial charge in [-0.3, -0.25) is 19.2 Å². The minimum Gasteiger partial charge on any atom is -0.455 e. The molecule has 3 aliphatic rings. The first kappa shape index (κ1) is 40.6. The van der Waals surface area contributed by atoms with Crippen LogP contribution in [0, 0.1) is 11.8 Å². The molecule has 3 heterocycles. The third-order valence-electron chi connectivity index (χ3n) is 11.8. The third kappa shape index (κ3) is 7.81. The van der Waals surface area contributed by atoms with E-state index in [0.29, 0.717) is 30.5 Å². The molecule has 4 aromatic carbocycles. The molecule has 2 N–H and O–H groups in total. The predicted molar refractivity (Wildman–Crippen MR) is 220 cm³/mol. The number of fused-ring (bicyclic) bond motifs is 2. The molecule has 0 unspecified atom stereocenters. The number of aliphatic hydroxyl groups is 1. The number of ether oxygens (including phenoxy) is 3. The van der Waals surface area contributed by atoms with Crippen molar-refractivity contribution in [2.24, 2.45) is 11.8 Å². The minimum absolute atomic E-state index is 0.0412. The normalized spacial score (nSPS) is 23.5. The van der Waals surface area contributed by atoms with Crippen LogP contribution in [0.5, 0.6) is 0 Å². The van der Waals surface area contributed by atoms with E-state index in [2.05, 4.69) is 18.5 Å². The summed E-state index contributed by atoms with van der Waals surface area (Å²) < 4.78 is 18.7. The van der Waals surface area contributed by atoms with Gasteiger partial charge in [-0.05, 0) is 59.7 Å². The summed E-state index contributed by atoms with van der Waals surface area (Å²) in [4.78, 5) is 61.4. The lowest BCUT2D eigenvalue weighted by Crippen LogP contribution is -2.59. The van der Waals surface area contributed by atoms with Crippen molar-refractivity contribution in [2.75, 3.05) is 31.8 Å². The first-order valence-electron chi connectivity index (χ1n) is 19.9. The molecule has 2 bridgehead atoms. The number of nitrogens with one attached hydrogen (secondary N) is 1. The topological polar surface area (TPSA) is 135 Å². The van der Waals surface area contributed by atoms with Gasteiger partial charge in [-0.25, -0.2) is 0 Å². The van der Waals surface area contributed by atoms with Crippen molar-refractivity contribution in [3.8, 4) is 0 Å². The summed E-state index contributed by atoms with van der Waals surface area (Å²) in [6.45, 7) is 7.42. The number of anilines is 1. The maximum absolute atomic E-state index is 15.4. The van der Waals surface area contributed by atoms with Gasteiger partial charge in [-0.2, -0.15) is 0 Å². The zero-order chi connectivity index (χ0) is 40.8. The molecular weight excluding hydrogens is 735 g/mol. The summed E-state index contributed by atoms with van der Waals surface area (Å²) >= 11 is 0. The quantitative estimate of drug-likeness (QED) is 0.0968. The molecule has 0 radical (unpaired) electrons. The number of likely N-dealkylation sites (tertiary alicyclic amines) is 1. The van der Waals surface area contributed by atoms with Gasteiger partial charge in [-0.1, -0.05) is 103 Å². The Morgan fingerprint density at radius 2 is 1.69 bits per heavy atom. The highest BCUT2D eigenvalue weighted by Crippen LogP contribution is 2.59. The number of hydrogen-bond acceptors (Lipinski definition) is 8. The average Bonchev–Trinajstić information content (AvgIpc) is 3.90. The Labute approximate surface area is 339 Å². The van der Waals surface area contributed by atoms with E-state index in [0.717, 1.165) is 16.3 Å². The molecule has 3 amide bonds. The minimum atomic E-state index is -1.38. The molecule has 0 aliphatic carbocycles. The molecule has 1 spiro atoms. The highest BCUT2D eigenvalue weighted by molar-refractivity contribution is 6.05. The van der Waals surface area contributed by atoms with Crippen molar-refractivity contribution in [2.45, 2.75) is 68.0 Å². The summed E-state index contributed by atoms with van der Waals surface area (Å²) in [6, 6.07) is 29.4.